The van der Waals surface area contributed by atoms with E-state index in [9.17, 15) is 5.11 Å². The van der Waals surface area contributed by atoms with Crippen molar-refractivity contribution in [2.24, 2.45) is 0 Å². The van der Waals surface area contributed by atoms with Gasteiger partial charge in [-0.05, 0) is 6.42 Å². The first kappa shape index (κ1) is 22.9. The highest BCUT2D eigenvalue weighted by Gasteiger charge is 2.34. The highest BCUT2D eigenvalue weighted by molar-refractivity contribution is 4.78. The minimum Gasteiger partial charge on any atom is -0.394 e. The molecule has 0 spiro atoms. The highest BCUT2D eigenvalue weighted by Crippen LogP contribution is 2.22. The fraction of sp³-hybridized carbons (Fsp3) is 1.00. The topological polar surface area (TPSA) is 58.9 Å². The van der Waals surface area contributed by atoms with Gasteiger partial charge in [-0.3, -0.25) is 0 Å². The smallest absolute Gasteiger partial charge is 0.157 e. The van der Waals surface area contributed by atoms with E-state index in [-0.39, 0.29) is 18.8 Å². The zero-order chi connectivity index (χ0) is 18.2. The summed E-state index contributed by atoms with van der Waals surface area (Å²) in [5, 5.41) is 18.6. The molecule has 3 atom stereocenters. The first-order chi connectivity index (χ1) is 12.3. The fourth-order valence-corrected chi connectivity index (χ4v) is 3.56. The summed E-state index contributed by atoms with van der Waals surface area (Å²) in [6, 6.07) is 0. The maximum absolute atomic E-state index is 9.41. The standard InChI is InChI=1S/C21H42O4/c1-2-3-4-5-6-7-8-9-10-11-12-13-14-15-16-24-19-17-21(23)25-20(19)18-22/h19-23H,2-18H2,1H3/t19-,20-,21?/m0/s1. The van der Waals surface area contributed by atoms with E-state index < -0.39 is 6.29 Å². The van der Waals surface area contributed by atoms with Crippen LogP contribution in [-0.2, 0) is 9.47 Å². The van der Waals surface area contributed by atoms with Gasteiger partial charge in [-0.25, -0.2) is 0 Å². The molecule has 0 bridgehead atoms. The lowest BCUT2D eigenvalue weighted by Gasteiger charge is -2.16. The van der Waals surface area contributed by atoms with Crippen molar-refractivity contribution >= 4 is 0 Å². The van der Waals surface area contributed by atoms with Gasteiger partial charge in [0.05, 0.1) is 12.7 Å². The second kappa shape index (κ2) is 16.0. The van der Waals surface area contributed by atoms with Gasteiger partial charge in [-0.15, -0.1) is 0 Å². The van der Waals surface area contributed by atoms with Gasteiger partial charge < -0.3 is 19.7 Å². The van der Waals surface area contributed by atoms with Crippen molar-refractivity contribution < 1.29 is 19.7 Å². The molecule has 0 aromatic rings. The Kier molecular flexibility index (Phi) is 14.7. The van der Waals surface area contributed by atoms with Crippen molar-refractivity contribution in [3.05, 3.63) is 0 Å². The molecule has 0 aliphatic carbocycles. The number of aliphatic hydroxyl groups excluding tert-OH is 2. The van der Waals surface area contributed by atoms with E-state index in [0.717, 1.165) is 6.42 Å². The zero-order valence-corrected chi connectivity index (χ0v) is 16.5. The summed E-state index contributed by atoms with van der Waals surface area (Å²) in [6.45, 7) is 2.89. The Hall–Kier alpha value is -0.160. The van der Waals surface area contributed by atoms with Gasteiger partial charge >= 0.3 is 0 Å². The summed E-state index contributed by atoms with van der Waals surface area (Å²) >= 11 is 0. The molecule has 1 rings (SSSR count). The lowest BCUT2D eigenvalue weighted by molar-refractivity contribution is -0.111. The normalized spacial score (nSPS) is 23.4. The molecule has 4 nitrogen and oxygen atoms in total. The molecule has 1 fully saturated rings. The SMILES string of the molecule is CCCCCCCCCCCCCCCCO[C@H]1CC(O)O[C@H]1CO. The maximum Gasteiger partial charge on any atom is 0.157 e. The molecular weight excluding hydrogens is 316 g/mol. The minimum atomic E-state index is -0.779. The number of aliphatic hydroxyl groups is 2. The Morgan fingerprint density at radius 2 is 1.28 bits per heavy atom. The molecule has 1 saturated heterocycles. The molecule has 1 aliphatic rings. The molecule has 0 aromatic carbocycles. The van der Waals surface area contributed by atoms with E-state index in [2.05, 4.69) is 6.92 Å². The van der Waals surface area contributed by atoms with Crippen LogP contribution in [0.4, 0.5) is 0 Å². The van der Waals surface area contributed by atoms with Crippen LogP contribution in [-0.4, -0.2) is 41.9 Å². The third-order valence-corrected chi connectivity index (χ3v) is 5.19. The number of ether oxygens (including phenoxy) is 2. The van der Waals surface area contributed by atoms with Crippen molar-refractivity contribution in [1.82, 2.24) is 0 Å². The molecule has 150 valence electrons. The Morgan fingerprint density at radius 3 is 1.76 bits per heavy atom. The zero-order valence-electron chi connectivity index (χ0n) is 16.5. The van der Waals surface area contributed by atoms with Crippen LogP contribution < -0.4 is 0 Å². The predicted octanol–water partition coefficient (Wildman–Crippen LogP) is 4.95. The molecule has 2 N–H and O–H groups in total. The summed E-state index contributed by atoms with van der Waals surface area (Å²) in [5.74, 6) is 0. The molecule has 0 aromatic heterocycles. The second-order valence-corrected chi connectivity index (χ2v) is 7.55. The number of rotatable bonds is 17. The number of hydrogen-bond acceptors (Lipinski definition) is 4. The van der Waals surface area contributed by atoms with Gasteiger partial charge in [0.25, 0.3) is 0 Å². The first-order valence-electron chi connectivity index (χ1n) is 10.8. The van der Waals surface area contributed by atoms with E-state index in [1.807, 2.05) is 0 Å². The van der Waals surface area contributed by atoms with Gasteiger partial charge in [0.2, 0.25) is 0 Å². The van der Waals surface area contributed by atoms with E-state index >= 15 is 0 Å². The van der Waals surface area contributed by atoms with Crippen LogP contribution in [0.3, 0.4) is 0 Å². The van der Waals surface area contributed by atoms with Crippen molar-refractivity contribution in [1.29, 1.82) is 0 Å². The summed E-state index contributed by atoms with van der Waals surface area (Å²) in [4.78, 5) is 0. The van der Waals surface area contributed by atoms with E-state index in [0.29, 0.717) is 13.0 Å². The largest absolute Gasteiger partial charge is 0.394 e. The Bertz CT molecular complexity index is 285. The lowest BCUT2D eigenvalue weighted by Crippen LogP contribution is -2.28. The van der Waals surface area contributed by atoms with Crippen molar-refractivity contribution in [3.63, 3.8) is 0 Å². The number of unbranched alkanes of at least 4 members (excludes halogenated alkanes) is 13. The Balaban J connectivity index is 1.76. The van der Waals surface area contributed by atoms with Gasteiger partial charge in [0, 0.05) is 13.0 Å². The monoisotopic (exact) mass is 358 g/mol. The van der Waals surface area contributed by atoms with Crippen LogP contribution in [0.1, 0.15) is 103 Å². The van der Waals surface area contributed by atoms with Crippen LogP contribution in [0.2, 0.25) is 0 Å². The molecule has 25 heavy (non-hydrogen) atoms. The molecule has 0 saturated carbocycles. The third kappa shape index (κ3) is 12.0. The van der Waals surface area contributed by atoms with Crippen molar-refractivity contribution in [2.75, 3.05) is 13.2 Å². The van der Waals surface area contributed by atoms with E-state index in [4.69, 9.17) is 14.6 Å². The summed E-state index contributed by atoms with van der Waals surface area (Å²) < 4.78 is 10.9. The van der Waals surface area contributed by atoms with Gasteiger partial charge in [0.15, 0.2) is 6.29 Å². The number of hydrogen-bond donors (Lipinski definition) is 2. The second-order valence-electron chi connectivity index (χ2n) is 7.55. The van der Waals surface area contributed by atoms with Gasteiger partial charge in [-0.1, -0.05) is 90.4 Å². The average Bonchev–Trinajstić information content (AvgIpc) is 2.98. The maximum atomic E-state index is 9.41. The fourth-order valence-electron chi connectivity index (χ4n) is 3.56. The molecule has 0 amide bonds. The van der Waals surface area contributed by atoms with Crippen LogP contribution in [0.5, 0.6) is 0 Å². The molecule has 1 aliphatic heterocycles. The minimum absolute atomic E-state index is 0.0829. The van der Waals surface area contributed by atoms with E-state index in [1.165, 1.54) is 83.5 Å². The first-order valence-corrected chi connectivity index (χ1v) is 10.8. The van der Waals surface area contributed by atoms with Crippen LogP contribution in [0.15, 0.2) is 0 Å². The Labute approximate surface area is 155 Å². The van der Waals surface area contributed by atoms with Crippen LogP contribution >= 0.6 is 0 Å². The molecule has 1 heterocycles. The third-order valence-electron chi connectivity index (χ3n) is 5.19. The van der Waals surface area contributed by atoms with Gasteiger partial charge in [0.1, 0.15) is 6.10 Å². The van der Waals surface area contributed by atoms with Crippen molar-refractivity contribution in [3.8, 4) is 0 Å². The van der Waals surface area contributed by atoms with Gasteiger partial charge in [-0.2, -0.15) is 0 Å². The molecule has 0 radical (unpaired) electrons. The van der Waals surface area contributed by atoms with Crippen LogP contribution in [0, 0.1) is 0 Å². The average molecular weight is 359 g/mol. The van der Waals surface area contributed by atoms with E-state index in [1.54, 1.807) is 0 Å². The van der Waals surface area contributed by atoms with Crippen LogP contribution in [0.25, 0.3) is 0 Å². The molecule has 1 unspecified atom stereocenters. The highest BCUT2D eigenvalue weighted by atomic mass is 16.6. The summed E-state index contributed by atoms with van der Waals surface area (Å²) in [5.41, 5.74) is 0. The summed E-state index contributed by atoms with van der Waals surface area (Å²) in [7, 11) is 0. The molecule has 4 heteroatoms. The quantitative estimate of drug-likeness (QED) is 0.361. The lowest BCUT2D eigenvalue weighted by atomic mass is 10.0. The summed E-state index contributed by atoms with van der Waals surface area (Å²) in [6.07, 6.45) is 18.1. The Morgan fingerprint density at radius 1 is 0.800 bits per heavy atom. The van der Waals surface area contributed by atoms with Crippen molar-refractivity contribution in [2.45, 2.75) is 122 Å². The molecular formula is C21H42O4. The predicted molar refractivity (Wildman–Crippen MR) is 103 cm³/mol.